The van der Waals surface area contributed by atoms with E-state index in [4.69, 9.17) is 4.74 Å². The highest BCUT2D eigenvalue weighted by Crippen LogP contribution is 2.39. The number of carbonyl (C=O) groups excluding carboxylic acids is 2. The van der Waals surface area contributed by atoms with Crippen LogP contribution in [0.4, 0.5) is 22.0 Å². The maximum atomic E-state index is 13.9. The van der Waals surface area contributed by atoms with Crippen molar-refractivity contribution in [1.82, 2.24) is 19.8 Å². The summed E-state index contributed by atoms with van der Waals surface area (Å²) < 4.78 is 5.09. The zero-order valence-electron chi connectivity index (χ0n) is 20.2. The van der Waals surface area contributed by atoms with Gasteiger partial charge in [0.1, 0.15) is 5.82 Å². The van der Waals surface area contributed by atoms with Crippen LogP contribution in [0.2, 0.25) is 0 Å². The number of rotatable bonds is 4. The van der Waals surface area contributed by atoms with Crippen LogP contribution in [0, 0.1) is 16.0 Å². The monoisotopic (exact) mass is 495 g/mol. The van der Waals surface area contributed by atoms with Crippen LogP contribution in [0.1, 0.15) is 12.5 Å². The van der Waals surface area contributed by atoms with Gasteiger partial charge in [-0.15, -0.1) is 0 Å². The second kappa shape index (κ2) is 9.96. The van der Waals surface area contributed by atoms with Crippen LogP contribution in [-0.2, 0) is 16.0 Å². The summed E-state index contributed by atoms with van der Waals surface area (Å²) in [6.07, 6.45) is 5.07. The normalized spacial score (nSPS) is 21.5. The van der Waals surface area contributed by atoms with Crippen molar-refractivity contribution in [2.45, 2.75) is 19.4 Å². The molecule has 2 fully saturated rings. The lowest BCUT2D eigenvalue weighted by molar-refractivity contribution is -0.384. The summed E-state index contributed by atoms with van der Waals surface area (Å²) in [5.74, 6) is 0.390. The summed E-state index contributed by atoms with van der Waals surface area (Å²) in [5, 5.41) is 11.4. The number of benzene rings is 1. The van der Waals surface area contributed by atoms with Crippen molar-refractivity contribution in [1.29, 1.82) is 0 Å². The summed E-state index contributed by atoms with van der Waals surface area (Å²) in [4.78, 5) is 53.4. The molecule has 2 atom stereocenters. The van der Waals surface area contributed by atoms with Crippen molar-refractivity contribution in [2.24, 2.45) is 5.92 Å². The SMILES string of the molecule is CCOC(=O)N1CCN(C(=O)C2Cc3cc([N+](=O)[O-])ccc3N3CCN(c4cnccn4)CC23)CC1. The Kier molecular flexibility index (Phi) is 6.57. The topological polar surface area (TPSA) is 125 Å². The van der Waals surface area contributed by atoms with E-state index in [9.17, 15) is 19.7 Å². The fourth-order valence-electron chi connectivity index (χ4n) is 5.43. The predicted molar refractivity (Wildman–Crippen MR) is 131 cm³/mol. The number of aromatic nitrogens is 2. The van der Waals surface area contributed by atoms with Crippen LogP contribution in [0.3, 0.4) is 0 Å². The molecule has 4 heterocycles. The molecule has 2 saturated heterocycles. The average Bonchev–Trinajstić information content (AvgIpc) is 2.92. The van der Waals surface area contributed by atoms with Gasteiger partial charge in [0, 0.05) is 76.0 Å². The van der Waals surface area contributed by atoms with Crippen molar-refractivity contribution in [3.63, 3.8) is 0 Å². The zero-order chi connectivity index (χ0) is 25.2. The van der Waals surface area contributed by atoms with E-state index in [1.165, 1.54) is 6.07 Å². The largest absolute Gasteiger partial charge is 0.450 e. The number of hydrogen-bond acceptors (Lipinski definition) is 9. The van der Waals surface area contributed by atoms with Gasteiger partial charge in [-0.3, -0.25) is 19.9 Å². The molecule has 0 spiro atoms. The third-order valence-electron chi connectivity index (χ3n) is 7.21. The molecule has 0 radical (unpaired) electrons. The summed E-state index contributed by atoms with van der Waals surface area (Å²) in [6, 6.07) is 4.81. The number of ether oxygens (including phenoxy) is 1. The number of nitrogens with zero attached hydrogens (tertiary/aromatic N) is 7. The van der Waals surface area contributed by atoms with Crippen LogP contribution in [0.25, 0.3) is 0 Å². The van der Waals surface area contributed by atoms with Gasteiger partial charge in [0.2, 0.25) is 5.91 Å². The molecule has 3 aliphatic heterocycles. The molecule has 12 nitrogen and oxygen atoms in total. The Hall–Kier alpha value is -3.96. The van der Waals surface area contributed by atoms with Crippen molar-refractivity contribution in [3.05, 3.63) is 52.5 Å². The molecule has 0 aliphatic carbocycles. The Balaban J connectivity index is 1.40. The lowest BCUT2D eigenvalue weighted by Gasteiger charge is -2.50. The van der Waals surface area contributed by atoms with Crippen LogP contribution in [0.15, 0.2) is 36.8 Å². The number of nitro groups is 1. The molecule has 2 unspecified atom stereocenters. The molecule has 12 heteroatoms. The highest BCUT2D eigenvalue weighted by Gasteiger charge is 2.44. The van der Waals surface area contributed by atoms with E-state index in [0.717, 1.165) is 17.1 Å². The van der Waals surface area contributed by atoms with Crippen molar-refractivity contribution in [3.8, 4) is 0 Å². The van der Waals surface area contributed by atoms with Gasteiger partial charge < -0.3 is 24.3 Å². The number of fused-ring (bicyclic) bond motifs is 3. The summed E-state index contributed by atoms with van der Waals surface area (Å²) >= 11 is 0. The van der Waals surface area contributed by atoms with Crippen LogP contribution < -0.4 is 9.80 Å². The number of carbonyl (C=O) groups is 2. The Morgan fingerprint density at radius 3 is 2.58 bits per heavy atom. The fraction of sp³-hybridized carbons (Fsp3) is 0.500. The summed E-state index contributed by atoms with van der Waals surface area (Å²) in [6.45, 7) is 5.71. The molecule has 1 aromatic carbocycles. The van der Waals surface area contributed by atoms with E-state index < -0.39 is 4.92 Å². The third-order valence-corrected chi connectivity index (χ3v) is 7.21. The number of nitro benzene ring substituents is 1. The molecule has 1 aromatic heterocycles. The van der Waals surface area contributed by atoms with Crippen LogP contribution >= 0.6 is 0 Å². The van der Waals surface area contributed by atoms with E-state index in [2.05, 4.69) is 19.8 Å². The standard InChI is InChI=1S/C24H29N7O5/c1-2-36-24(33)28-9-7-27(8-10-28)23(32)19-14-17-13-18(31(34)35)3-4-20(17)30-12-11-29(16-21(19)30)22-15-25-5-6-26-22/h3-6,13,15,19,21H,2,7-12,14,16H2,1H3. The molecule has 0 bridgehead atoms. The molecule has 0 N–H and O–H groups in total. The molecular weight excluding hydrogens is 466 g/mol. The number of anilines is 2. The third kappa shape index (κ3) is 4.50. The van der Waals surface area contributed by atoms with Gasteiger partial charge in [0.15, 0.2) is 0 Å². The quantitative estimate of drug-likeness (QED) is 0.459. The first-order valence-corrected chi connectivity index (χ1v) is 12.2. The second-order valence-electron chi connectivity index (χ2n) is 9.16. The molecule has 3 aliphatic rings. The number of non-ortho nitro benzene ring substituents is 1. The maximum absolute atomic E-state index is 13.9. The van der Waals surface area contributed by atoms with Gasteiger partial charge in [0.25, 0.3) is 5.69 Å². The van der Waals surface area contributed by atoms with Crippen LogP contribution in [-0.4, -0.2) is 95.2 Å². The van der Waals surface area contributed by atoms with E-state index in [0.29, 0.717) is 58.8 Å². The van der Waals surface area contributed by atoms with Crippen molar-refractivity contribution in [2.75, 3.05) is 62.2 Å². The van der Waals surface area contributed by atoms with E-state index in [1.807, 2.05) is 4.90 Å². The smallest absolute Gasteiger partial charge is 0.409 e. The van der Waals surface area contributed by atoms with Gasteiger partial charge in [-0.25, -0.2) is 9.78 Å². The minimum Gasteiger partial charge on any atom is -0.450 e. The van der Waals surface area contributed by atoms with Crippen molar-refractivity contribution < 1.29 is 19.2 Å². The van der Waals surface area contributed by atoms with Crippen LogP contribution in [0.5, 0.6) is 0 Å². The maximum Gasteiger partial charge on any atom is 0.409 e. The van der Waals surface area contributed by atoms with Gasteiger partial charge in [-0.2, -0.15) is 0 Å². The average molecular weight is 496 g/mol. The van der Waals surface area contributed by atoms with E-state index in [-0.39, 0.29) is 29.6 Å². The first kappa shape index (κ1) is 23.8. The Morgan fingerprint density at radius 1 is 1.11 bits per heavy atom. The van der Waals surface area contributed by atoms with Gasteiger partial charge in [0.05, 0.1) is 29.7 Å². The molecular formula is C24H29N7O5. The fourth-order valence-corrected chi connectivity index (χ4v) is 5.43. The molecule has 36 heavy (non-hydrogen) atoms. The number of piperazine rings is 2. The first-order chi connectivity index (χ1) is 17.5. The highest BCUT2D eigenvalue weighted by molar-refractivity contribution is 5.83. The zero-order valence-corrected chi connectivity index (χ0v) is 20.2. The molecule has 5 rings (SSSR count). The van der Waals surface area contributed by atoms with E-state index in [1.54, 1.807) is 42.5 Å². The van der Waals surface area contributed by atoms with Gasteiger partial charge >= 0.3 is 6.09 Å². The van der Waals surface area contributed by atoms with E-state index >= 15 is 0 Å². The lowest BCUT2D eigenvalue weighted by Crippen LogP contribution is -2.62. The Labute approximate surface area is 208 Å². The second-order valence-corrected chi connectivity index (χ2v) is 9.16. The molecule has 190 valence electrons. The minimum atomic E-state index is -0.399. The molecule has 2 amide bonds. The van der Waals surface area contributed by atoms with Gasteiger partial charge in [-0.1, -0.05) is 0 Å². The Morgan fingerprint density at radius 2 is 1.89 bits per heavy atom. The van der Waals surface area contributed by atoms with Gasteiger partial charge in [-0.05, 0) is 25.0 Å². The lowest BCUT2D eigenvalue weighted by atomic mass is 9.82. The minimum absolute atomic E-state index is 0.00617. The number of hydrogen-bond donors (Lipinski definition) is 0. The molecule has 2 aromatic rings. The predicted octanol–water partition coefficient (Wildman–Crippen LogP) is 1.55. The summed E-state index contributed by atoms with van der Waals surface area (Å²) in [5.41, 5.74) is 1.79. The van der Waals surface area contributed by atoms with Crippen molar-refractivity contribution >= 4 is 29.2 Å². The Bertz CT molecular complexity index is 1140. The first-order valence-electron chi connectivity index (χ1n) is 12.2. The summed E-state index contributed by atoms with van der Waals surface area (Å²) in [7, 11) is 0. The number of amides is 2. The molecule has 0 saturated carbocycles. The highest BCUT2D eigenvalue weighted by atomic mass is 16.6.